The molecule has 0 saturated heterocycles. The summed E-state index contributed by atoms with van der Waals surface area (Å²) in [5.41, 5.74) is 0. The van der Waals surface area contributed by atoms with E-state index in [9.17, 15) is 14.7 Å². The second kappa shape index (κ2) is 4.98. The lowest BCUT2D eigenvalue weighted by Gasteiger charge is -2.22. The first-order valence-electron chi connectivity index (χ1n) is 3.55. The van der Waals surface area contributed by atoms with E-state index in [0.29, 0.717) is 0 Å². The fraction of sp³-hybridized carbons (Fsp3) is 0.714. The lowest BCUT2D eigenvalue weighted by molar-refractivity contribution is -0.309. The number of carboxylic acid groups (broad SMARTS) is 1. The molecule has 0 radical (unpaired) electrons. The van der Waals surface area contributed by atoms with Crippen molar-refractivity contribution in [2.45, 2.75) is 19.9 Å². The van der Waals surface area contributed by atoms with Crippen LogP contribution in [0.1, 0.15) is 13.8 Å². The molecule has 0 aromatic carbocycles. The molecule has 0 heterocycles. The van der Waals surface area contributed by atoms with E-state index in [0.717, 1.165) is 0 Å². The molecule has 0 bridgehead atoms. The van der Waals surface area contributed by atoms with Gasteiger partial charge in [0.2, 0.25) is 5.91 Å². The van der Waals surface area contributed by atoms with Gasteiger partial charge in [0.25, 0.3) is 0 Å². The van der Waals surface area contributed by atoms with Crippen LogP contribution in [0.3, 0.4) is 0 Å². The third kappa shape index (κ3) is 3.57. The average Bonchev–Trinajstić information content (AvgIpc) is 1.98. The van der Waals surface area contributed by atoms with Crippen molar-refractivity contribution in [1.29, 1.82) is 0 Å². The Hall–Kier alpha value is -0.770. The van der Waals surface area contributed by atoms with Crippen molar-refractivity contribution in [1.82, 2.24) is 5.32 Å². The van der Waals surface area contributed by atoms with Crippen LogP contribution in [-0.4, -0.2) is 23.8 Å². The van der Waals surface area contributed by atoms with Gasteiger partial charge >= 0.3 is 0 Å². The van der Waals surface area contributed by atoms with Gasteiger partial charge in [-0.25, -0.2) is 0 Å². The maximum absolute atomic E-state index is 10.7. The SMILES string of the molecule is CC(C)[C@H](NC(=O)CCl)C(=O)[O-]. The molecule has 0 spiro atoms. The van der Waals surface area contributed by atoms with Crippen LogP contribution in [0.2, 0.25) is 0 Å². The highest BCUT2D eigenvalue weighted by Crippen LogP contribution is 1.99. The number of amides is 1. The number of hydrogen-bond donors (Lipinski definition) is 1. The molecule has 1 atom stereocenters. The Morgan fingerprint density at radius 3 is 2.25 bits per heavy atom. The van der Waals surface area contributed by atoms with Crippen LogP contribution in [0.25, 0.3) is 0 Å². The van der Waals surface area contributed by atoms with Crippen LogP contribution in [0, 0.1) is 5.92 Å². The molecule has 0 fully saturated rings. The van der Waals surface area contributed by atoms with E-state index in [4.69, 9.17) is 11.6 Å². The lowest BCUT2D eigenvalue weighted by atomic mass is 10.1. The summed E-state index contributed by atoms with van der Waals surface area (Å²) in [5.74, 6) is -2.23. The van der Waals surface area contributed by atoms with Crippen LogP contribution in [0.5, 0.6) is 0 Å². The normalized spacial score (nSPS) is 12.7. The summed E-state index contributed by atoms with van der Waals surface area (Å²) in [7, 11) is 0. The van der Waals surface area contributed by atoms with E-state index < -0.39 is 17.9 Å². The van der Waals surface area contributed by atoms with Gasteiger partial charge in [0.05, 0.1) is 12.0 Å². The van der Waals surface area contributed by atoms with Gasteiger partial charge in [-0.2, -0.15) is 0 Å². The maximum Gasteiger partial charge on any atom is 0.235 e. The lowest BCUT2D eigenvalue weighted by Crippen LogP contribution is -2.51. The van der Waals surface area contributed by atoms with E-state index >= 15 is 0 Å². The van der Waals surface area contributed by atoms with Gasteiger partial charge in [-0.3, -0.25) is 4.79 Å². The Labute approximate surface area is 75.9 Å². The van der Waals surface area contributed by atoms with E-state index in [-0.39, 0.29) is 11.8 Å². The standard InChI is InChI=1S/C7H12ClNO3/c1-4(2)6(7(11)12)9-5(10)3-8/h4,6H,3H2,1-2H3,(H,9,10)(H,11,12)/p-1/t6-/m0/s1. The summed E-state index contributed by atoms with van der Waals surface area (Å²) in [6.45, 7) is 3.35. The van der Waals surface area contributed by atoms with E-state index in [1.807, 2.05) is 0 Å². The highest BCUT2D eigenvalue weighted by Gasteiger charge is 2.16. The van der Waals surface area contributed by atoms with Gasteiger partial charge < -0.3 is 15.2 Å². The Balaban J connectivity index is 4.14. The van der Waals surface area contributed by atoms with Gasteiger partial charge in [0.15, 0.2) is 0 Å². The van der Waals surface area contributed by atoms with Crippen LogP contribution in [0.15, 0.2) is 0 Å². The van der Waals surface area contributed by atoms with E-state index in [1.54, 1.807) is 13.8 Å². The molecule has 0 aliphatic heterocycles. The zero-order valence-electron chi connectivity index (χ0n) is 6.96. The Bertz CT molecular complexity index is 181. The maximum atomic E-state index is 10.7. The number of rotatable bonds is 4. The first-order chi connectivity index (χ1) is 5.49. The number of carboxylic acids is 1. The summed E-state index contributed by atoms with van der Waals surface area (Å²) < 4.78 is 0. The molecule has 0 aromatic heterocycles. The summed E-state index contributed by atoms with van der Waals surface area (Å²) in [4.78, 5) is 21.1. The molecule has 1 amide bonds. The predicted octanol–water partition coefficient (Wildman–Crippen LogP) is -0.884. The van der Waals surface area contributed by atoms with Crippen LogP contribution < -0.4 is 10.4 Å². The Morgan fingerprint density at radius 2 is 2.00 bits per heavy atom. The van der Waals surface area contributed by atoms with Crippen molar-refractivity contribution in [2.24, 2.45) is 5.92 Å². The van der Waals surface area contributed by atoms with Crippen molar-refractivity contribution < 1.29 is 14.7 Å². The second-order valence-electron chi connectivity index (χ2n) is 2.74. The zero-order chi connectivity index (χ0) is 9.72. The summed E-state index contributed by atoms with van der Waals surface area (Å²) in [6.07, 6.45) is 0. The number of alkyl halides is 1. The van der Waals surface area contributed by atoms with Crippen molar-refractivity contribution in [2.75, 3.05) is 5.88 Å². The molecule has 0 aliphatic rings. The molecule has 0 aliphatic carbocycles. The minimum Gasteiger partial charge on any atom is -0.548 e. The molecule has 70 valence electrons. The van der Waals surface area contributed by atoms with Crippen molar-refractivity contribution in [3.8, 4) is 0 Å². The first-order valence-corrected chi connectivity index (χ1v) is 4.08. The minimum absolute atomic E-state index is 0.206. The van der Waals surface area contributed by atoms with Crippen LogP contribution in [-0.2, 0) is 9.59 Å². The minimum atomic E-state index is -1.29. The van der Waals surface area contributed by atoms with Crippen molar-refractivity contribution in [3.05, 3.63) is 0 Å². The van der Waals surface area contributed by atoms with E-state index in [1.165, 1.54) is 0 Å². The zero-order valence-corrected chi connectivity index (χ0v) is 7.72. The molecule has 0 saturated carbocycles. The van der Waals surface area contributed by atoms with Gasteiger partial charge in [0.1, 0.15) is 5.88 Å². The largest absolute Gasteiger partial charge is 0.548 e. The van der Waals surface area contributed by atoms with Crippen molar-refractivity contribution >= 4 is 23.5 Å². The molecule has 1 N–H and O–H groups in total. The second-order valence-corrected chi connectivity index (χ2v) is 3.01. The first kappa shape index (κ1) is 11.2. The molecule has 0 unspecified atom stereocenters. The topological polar surface area (TPSA) is 69.2 Å². The van der Waals surface area contributed by atoms with Crippen molar-refractivity contribution in [3.63, 3.8) is 0 Å². The average molecular weight is 193 g/mol. The fourth-order valence-corrected chi connectivity index (χ4v) is 0.787. The third-order valence-electron chi connectivity index (χ3n) is 1.36. The van der Waals surface area contributed by atoms with Gasteiger partial charge in [-0.15, -0.1) is 11.6 Å². The Morgan fingerprint density at radius 1 is 1.50 bits per heavy atom. The number of carbonyl (C=O) groups is 2. The van der Waals surface area contributed by atoms with Gasteiger partial charge in [-0.1, -0.05) is 13.8 Å². The summed E-state index contributed by atoms with van der Waals surface area (Å²) in [5, 5.41) is 12.7. The molecule has 0 aromatic rings. The predicted molar refractivity (Wildman–Crippen MR) is 42.5 cm³/mol. The van der Waals surface area contributed by atoms with Gasteiger partial charge in [-0.05, 0) is 5.92 Å². The molecule has 0 rings (SSSR count). The number of hydrogen-bond acceptors (Lipinski definition) is 3. The molecular formula is C7H11ClNO3-. The summed E-state index contributed by atoms with van der Waals surface area (Å²) >= 11 is 5.18. The molecule has 4 nitrogen and oxygen atoms in total. The number of nitrogens with one attached hydrogen (secondary N) is 1. The van der Waals surface area contributed by atoms with Crippen LogP contribution in [0.4, 0.5) is 0 Å². The molecular weight excluding hydrogens is 182 g/mol. The monoisotopic (exact) mass is 192 g/mol. The number of halogens is 1. The molecule has 12 heavy (non-hydrogen) atoms. The Kier molecular flexibility index (Phi) is 4.66. The highest BCUT2D eigenvalue weighted by molar-refractivity contribution is 6.27. The summed E-state index contributed by atoms with van der Waals surface area (Å²) in [6, 6.07) is -0.962. The molecule has 5 heteroatoms. The third-order valence-corrected chi connectivity index (χ3v) is 1.60. The highest BCUT2D eigenvalue weighted by atomic mass is 35.5. The van der Waals surface area contributed by atoms with Crippen LogP contribution >= 0.6 is 11.6 Å². The number of carbonyl (C=O) groups excluding carboxylic acids is 2. The quantitative estimate of drug-likeness (QED) is 0.588. The smallest absolute Gasteiger partial charge is 0.235 e. The van der Waals surface area contributed by atoms with Gasteiger partial charge in [0, 0.05) is 0 Å². The van der Waals surface area contributed by atoms with E-state index in [2.05, 4.69) is 5.32 Å². The number of aliphatic carboxylic acids is 1. The fourth-order valence-electron chi connectivity index (χ4n) is 0.710.